The zero-order chi connectivity index (χ0) is 5.98. The van der Waals surface area contributed by atoms with Crippen molar-refractivity contribution in [2.75, 3.05) is 20.2 Å². The molecule has 1 aliphatic rings. The first-order chi connectivity index (χ1) is 3.84. The summed E-state index contributed by atoms with van der Waals surface area (Å²) in [6.07, 6.45) is -1.02. The number of alkyl halides is 1. The number of ether oxygens (including phenoxy) is 1. The lowest BCUT2D eigenvalue weighted by molar-refractivity contribution is 0.0647. The first kappa shape index (κ1) is 5.98. The summed E-state index contributed by atoms with van der Waals surface area (Å²) in [6.45, 7) is 1.09. The minimum atomic E-state index is -0.806. The number of methoxy groups -OCH3 is 1. The summed E-state index contributed by atoms with van der Waals surface area (Å²) >= 11 is 0. The van der Waals surface area contributed by atoms with Gasteiger partial charge in [0.15, 0.2) is 0 Å². The maximum Gasteiger partial charge on any atom is 0.140 e. The molecule has 2 atom stereocenters. The molecule has 0 aromatic heterocycles. The van der Waals surface area contributed by atoms with Crippen LogP contribution in [-0.4, -0.2) is 32.5 Å². The van der Waals surface area contributed by atoms with Gasteiger partial charge in [0.2, 0.25) is 0 Å². The van der Waals surface area contributed by atoms with Crippen LogP contribution in [0.3, 0.4) is 0 Å². The van der Waals surface area contributed by atoms with Crippen molar-refractivity contribution < 1.29 is 9.13 Å². The number of hydrogen-bond acceptors (Lipinski definition) is 2. The molecule has 0 aromatic rings. The minimum Gasteiger partial charge on any atom is -0.377 e. The van der Waals surface area contributed by atoms with Gasteiger partial charge in [-0.2, -0.15) is 0 Å². The van der Waals surface area contributed by atoms with Gasteiger partial charge in [0.25, 0.3) is 0 Å². The van der Waals surface area contributed by atoms with E-state index in [0.717, 1.165) is 0 Å². The Labute approximate surface area is 48.0 Å². The molecule has 1 heterocycles. The van der Waals surface area contributed by atoms with Crippen LogP contribution >= 0.6 is 0 Å². The SMILES string of the molecule is CO[C@@H]1CNCC1F. The Kier molecular flexibility index (Phi) is 1.81. The van der Waals surface area contributed by atoms with Crippen LogP contribution in [0, 0.1) is 0 Å². The summed E-state index contributed by atoms with van der Waals surface area (Å²) in [7, 11) is 1.53. The standard InChI is InChI=1S/C5H10FNO/c1-8-5-3-7-2-4(5)6/h4-5,7H,2-3H2,1H3/t4?,5-/m1/s1. The third-order valence-electron chi connectivity index (χ3n) is 1.39. The number of halogens is 1. The lowest BCUT2D eigenvalue weighted by Crippen LogP contribution is -2.21. The van der Waals surface area contributed by atoms with Gasteiger partial charge in [-0.15, -0.1) is 0 Å². The monoisotopic (exact) mass is 119 g/mol. The van der Waals surface area contributed by atoms with E-state index in [-0.39, 0.29) is 6.10 Å². The molecule has 8 heavy (non-hydrogen) atoms. The maximum atomic E-state index is 12.4. The normalized spacial score (nSPS) is 38.2. The van der Waals surface area contributed by atoms with Gasteiger partial charge in [-0.3, -0.25) is 0 Å². The van der Waals surface area contributed by atoms with Crippen molar-refractivity contribution in [2.45, 2.75) is 12.3 Å². The molecule has 1 rings (SSSR count). The van der Waals surface area contributed by atoms with Crippen LogP contribution in [0.4, 0.5) is 4.39 Å². The summed E-state index contributed by atoms with van der Waals surface area (Å²) in [5.74, 6) is 0. The van der Waals surface area contributed by atoms with E-state index < -0.39 is 6.17 Å². The van der Waals surface area contributed by atoms with E-state index in [1.54, 1.807) is 0 Å². The molecule has 0 aliphatic carbocycles. The van der Waals surface area contributed by atoms with Crippen LogP contribution < -0.4 is 5.32 Å². The van der Waals surface area contributed by atoms with Gasteiger partial charge in [0.05, 0.1) is 0 Å². The Balaban J connectivity index is 2.30. The van der Waals surface area contributed by atoms with Crippen molar-refractivity contribution in [3.05, 3.63) is 0 Å². The number of hydrogen-bond donors (Lipinski definition) is 1. The average Bonchev–Trinajstić information content (AvgIpc) is 2.14. The number of rotatable bonds is 1. The van der Waals surface area contributed by atoms with Gasteiger partial charge in [-0.1, -0.05) is 0 Å². The molecule has 0 radical (unpaired) electrons. The van der Waals surface area contributed by atoms with E-state index >= 15 is 0 Å². The molecule has 48 valence electrons. The third kappa shape index (κ3) is 0.980. The second kappa shape index (κ2) is 2.42. The quantitative estimate of drug-likeness (QED) is 0.522. The molecule has 1 N–H and O–H groups in total. The Bertz CT molecular complexity index is 78.8. The molecule has 0 bridgehead atoms. The highest BCUT2D eigenvalue weighted by Gasteiger charge is 2.25. The highest BCUT2D eigenvalue weighted by atomic mass is 19.1. The smallest absolute Gasteiger partial charge is 0.140 e. The molecular formula is C5H10FNO. The molecule has 2 nitrogen and oxygen atoms in total. The topological polar surface area (TPSA) is 21.3 Å². The fourth-order valence-corrected chi connectivity index (χ4v) is 0.854. The van der Waals surface area contributed by atoms with Crippen molar-refractivity contribution in [1.82, 2.24) is 5.32 Å². The van der Waals surface area contributed by atoms with Crippen LogP contribution in [0.15, 0.2) is 0 Å². The van der Waals surface area contributed by atoms with E-state index in [2.05, 4.69) is 5.32 Å². The molecule has 3 heteroatoms. The Hall–Kier alpha value is -0.150. The predicted molar refractivity (Wildman–Crippen MR) is 28.6 cm³/mol. The summed E-state index contributed by atoms with van der Waals surface area (Å²) in [4.78, 5) is 0. The molecule has 1 fully saturated rings. The fraction of sp³-hybridized carbons (Fsp3) is 1.00. The summed E-state index contributed by atoms with van der Waals surface area (Å²) in [5, 5.41) is 2.87. The van der Waals surface area contributed by atoms with E-state index in [4.69, 9.17) is 4.74 Å². The van der Waals surface area contributed by atoms with Crippen molar-refractivity contribution in [1.29, 1.82) is 0 Å². The molecule has 1 unspecified atom stereocenters. The van der Waals surface area contributed by atoms with Crippen molar-refractivity contribution in [3.63, 3.8) is 0 Å². The largest absolute Gasteiger partial charge is 0.377 e. The molecule has 0 aromatic carbocycles. The van der Waals surface area contributed by atoms with E-state index in [9.17, 15) is 4.39 Å². The summed E-state index contributed by atoms with van der Waals surface area (Å²) in [5.41, 5.74) is 0. The maximum absolute atomic E-state index is 12.4. The first-order valence-electron chi connectivity index (χ1n) is 2.72. The second-order valence-corrected chi connectivity index (χ2v) is 1.95. The van der Waals surface area contributed by atoms with Gasteiger partial charge in [-0.25, -0.2) is 4.39 Å². The Morgan fingerprint density at radius 3 is 2.62 bits per heavy atom. The van der Waals surface area contributed by atoms with Gasteiger partial charge < -0.3 is 10.1 Å². The zero-order valence-corrected chi connectivity index (χ0v) is 4.86. The predicted octanol–water partition coefficient (Wildman–Crippen LogP) is -0.0573. The van der Waals surface area contributed by atoms with E-state index in [0.29, 0.717) is 13.1 Å². The summed E-state index contributed by atoms with van der Waals surface area (Å²) < 4.78 is 17.2. The third-order valence-corrected chi connectivity index (χ3v) is 1.39. The van der Waals surface area contributed by atoms with Crippen molar-refractivity contribution in [3.8, 4) is 0 Å². The fourth-order valence-electron chi connectivity index (χ4n) is 0.854. The lowest BCUT2D eigenvalue weighted by atomic mass is 10.3. The lowest BCUT2D eigenvalue weighted by Gasteiger charge is -2.06. The number of nitrogens with one attached hydrogen (secondary N) is 1. The van der Waals surface area contributed by atoms with Gasteiger partial charge in [0, 0.05) is 20.2 Å². The first-order valence-corrected chi connectivity index (χ1v) is 2.72. The highest BCUT2D eigenvalue weighted by Crippen LogP contribution is 2.06. The molecule has 0 spiro atoms. The van der Waals surface area contributed by atoms with E-state index in [1.807, 2.05) is 0 Å². The van der Waals surface area contributed by atoms with Crippen LogP contribution in [0.25, 0.3) is 0 Å². The van der Waals surface area contributed by atoms with Gasteiger partial charge >= 0.3 is 0 Å². The molecular weight excluding hydrogens is 109 g/mol. The van der Waals surface area contributed by atoms with Crippen LogP contribution in [0.2, 0.25) is 0 Å². The molecule has 0 amide bonds. The minimum absolute atomic E-state index is 0.213. The van der Waals surface area contributed by atoms with E-state index in [1.165, 1.54) is 7.11 Å². The molecule has 1 saturated heterocycles. The zero-order valence-electron chi connectivity index (χ0n) is 4.86. The van der Waals surface area contributed by atoms with Gasteiger partial charge in [-0.05, 0) is 0 Å². The van der Waals surface area contributed by atoms with Crippen LogP contribution in [0.5, 0.6) is 0 Å². The van der Waals surface area contributed by atoms with Gasteiger partial charge in [0.1, 0.15) is 12.3 Å². The molecule has 1 aliphatic heterocycles. The van der Waals surface area contributed by atoms with Crippen LogP contribution in [0.1, 0.15) is 0 Å². The highest BCUT2D eigenvalue weighted by molar-refractivity contribution is 4.80. The Morgan fingerprint density at radius 1 is 1.62 bits per heavy atom. The summed E-state index contributed by atoms with van der Waals surface area (Å²) in [6, 6.07) is 0. The molecule has 0 saturated carbocycles. The average molecular weight is 119 g/mol. The van der Waals surface area contributed by atoms with Crippen molar-refractivity contribution in [2.24, 2.45) is 0 Å². The van der Waals surface area contributed by atoms with Crippen LogP contribution in [-0.2, 0) is 4.74 Å². The van der Waals surface area contributed by atoms with Crippen molar-refractivity contribution >= 4 is 0 Å². The Morgan fingerprint density at radius 2 is 2.38 bits per heavy atom. The second-order valence-electron chi connectivity index (χ2n) is 1.95.